The van der Waals surface area contributed by atoms with Crippen molar-refractivity contribution in [1.82, 2.24) is 5.43 Å². The Morgan fingerprint density at radius 3 is 2.77 bits per heavy atom. The highest BCUT2D eigenvalue weighted by molar-refractivity contribution is 9.10. The third-order valence-corrected chi connectivity index (χ3v) is 2.28. The lowest BCUT2D eigenvalue weighted by atomic mass is 10.2. The van der Waals surface area contributed by atoms with Crippen molar-refractivity contribution in [2.24, 2.45) is 5.84 Å². The molecule has 1 aromatic rings. The minimum atomic E-state index is -0.440. The van der Waals surface area contributed by atoms with E-state index in [4.69, 9.17) is 5.84 Å². The molecule has 0 aliphatic heterocycles. The lowest BCUT2D eigenvalue weighted by molar-refractivity contribution is -0.384. The van der Waals surface area contributed by atoms with Gasteiger partial charge in [0.25, 0.3) is 5.69 Å². The van der Waals surface area contributed by atoms with Gasteiger partial charge in [-0.2, -0.15) is 0 Å². The molecule has 0 atom stereocenters. The molecule has 6 heteroatoms. The largest absolute Gasteiger partial charge is 0.271 e. The molecule has 0 saturated heterocycles. The normalized spacial score (nSPS) is 10.0. The Bertz CT molecular complexity index is 330. The van der Waals surface area contributed by atoms with Crippen LogP contribution >= 0.6 is 15.9 Å². The summed E-state index contributed by atoms with van der Waals surface area (Å²) in [6.07, 6.45) is 0. The number of halogens is 1. The smallest absolute Gasteiger partial charge is 0.270 e. The first-order chi connectivity index (χ1) is 6.15. The number of hydrogen-bond donors (Lipinski definition) is 2. The second kappa shape index (κ2) is 4.31. The van der Waals surface area contributed by atoms with E-state index in [-0.39, 0.29) is 5.69 Å². The average molecular weight is 246 g/mol. The molecule has 0 bridgehead atoms. The fourth-order valence-electron chi connectivity index (χ4n) is 0.903. The summed E-state index contributed by atoms with van der Waals surface area (Å²) in [7, 11) is 0. The maximum absolute atomic E-state index is 10.4. The van der Waals surface area contributed by atoms with Crippen LogP contribution < -0.4 is 11.3 Å². The summed E-state index contributed by atoms with van der Waals surface area (Å²) in [6.45, 7) is 0.471. The lowest BCUT2D eigenvalue weighted by Crippen LogP contribution is -2.21. The molecule has 13 heavy (non-hydrogen) atoms. The zero-order chi connectivity index (χ0) is 9.84. The predicted octanol–water partition coefficient (Wildman–Crippen LogP) is 1.32. The van der Waals surface area contributed by atoms with Gasteiger partial charge in [0.1, 0.15) is 0 Å². The highest BCUT2D eigenvalue weighted by Crippen LogP contribution is 2.22. The van der Waals surface area contributed by atoms with E-state index in [0.717, 1.165) is 5.56 Å². The van der Waals surface area contributed by atoms with Crippen LogP contribution in [0.4, 0.5) is 5.69 Å². The van der Waals surface area contributed by atoms with Gasteiger partial charge >= 0.3 is 0 Å². The predicted molar refractivity (Wildman–Crippen MR) is 51.8 cm³/mol. The summed E-state index contributed by atoms with van der Waals surface area (Å²) in [5.41, 5.74) is 3.42. The van der Waals surface area contributed by atoms with Crippen LogP contribution in [0.15, 0.2) is 22.7 Å². The molecule has 0 saturated carbocycles. The number of non-ortho nitro benzene ring substituents is 1. The first kappa shape index (κ1) is 10.1. The monoisotopic (exact) mass is 245 g/mol. The topological polar surface area (TPSA) is 81.2 Å². The average Bonchev–Trinajstić information content (AvgIpc) is 2.08. The van der Waals surface area contributed by atoms with E-state index in [2.05, 4.69) is 21.4 Å². The number of nitro benzene ring substituents is 1. The number of nitrogens with two attached hydrogens (primary N) is 1. The number of benzene rings is 1. The van der Waals surface area contributed by atoms with Crippen LogP contribution in [0, 0.1) is 10.1 Å². The van der Waals surface area contributed by atoms with Crippen LogP contribution in [0.3, 0.4) is 0 Å². The Kier molecular flexibility index (Phi) is 3.35. The fourth-order valence-corrected chi connectivity index (χ4v) is 1.41. The van der Waals surface area contributed by atoms with Crippen molar-refractivity contribution in [3.8, 4) is 0 Å². The molecular formula is C7H8BrN3O2. The van der Waals surface area contributed by atoms with Crippen molar-refractivity contribution >= 4 is 21.6 Å². The van der Waals surface area contributed by atoms with E-state index in [1.807, 2.05) is 0 Å². The lowest BCUT2D eigenvalue weighted by Gasteiger charge is -2.02. The van der Waals surface area contributed by atoms with E-state index < -0.39 is 4.92 Å². The van der Waals surface area contributed by atoms with E-state index in [9.17, 15) is 10.1 Å². The van der Waals surface area contributed by atoms with Gasteiger partial charge in [-0.15, -0.1) is 0 Å². The number of hydrazine groups is 1. The summed E-state index contributed by atoms with van der Waals surface area (Å²) in [6, 6.07) is 4.55. The van der Waals surface area contributed by atoms with Crippen molar-refractivity contribution in [2.45, 2.75) is 6.54 Å². The highest BCUT2D eigenvalue weighted by Gasteiger charge is 2.07. The van der Waals surface area contributed by atoms with Crippen LogP contribution in [0.1, 0.15) is 5.56 Å². The zero-order valence-electron chi connectivity index (χ0n) is 6.66. The molecule has 1 rings (SSSR count). The summed E-state index contributed by atoms with van der Waals surface area (Å²) in [5, 5.41) is 10.4. The number of nitrogens with zero attached hydrogens (tertiary/aromatic N) is 1. The SMILES string of the molecule is NNCc1ccc([N+](=O)[O-])cc1Br. The van der Waals surface area contributed by atoms with Crippen LogP contribution in [0.2, 0.25) is 0 Å². The molecule has 70 valence electrons. The third-order valence-electron chi connectivity index (χ3n) is 1.54. The number of rotatable bonds is 3. The fraction of sp³-hybridized carbons (Fsp3) is 0.143. The van der Waals surface area contributed by atoms with E-state index in [1.54, 1.807) is 6.07 Å². The molecule has 1 aromatic carbocycles. The van der Waals surface area contributed by atoms with Crippen molar-refractivity contribution in [1.29, 1.82) is 0 Å². The Morgan fingerprint density at radius 1 is 1.62 bits per heavy atom. The van der Waals surface area contributed by atoms with Gasteiger partial charge < -0.3 is 0 Å². The minimum absolute atomic E-state index is 0.0626. The van der Waals surface area contributed by atoms with Crippen molar-refractivity contribution in [2.75, 3.05) is 0 Å². The molecule has 5 nitrogen and oxygen atoms in total. The zero-order valence-corrected chi connectivity index (χ0v) is 8.24. The maximum Gasteiger partial charge on any atom is 0.270 e. The molecule has 0 aliphatic carbocycles. The van der Waals surface area contributed by atoms with Gasteiger partial charge in [0.15, 0.2) is 0 Å². The second-order valence-electron chi connectivity index (χ2n) is 2.41. The van der Waals surface area contributed by atoms with Gasteiger partial charge in [-0.1, -0.05) is 15.9 Å². The van der Waals surface area contributed by atoms with Gasteiger partial charge in [0, 0.05) is 23.2 Å². The standard InChI is InChI=1S/C7H8BrN3O2/c8-7-3-6(11(12)13)2-1-5(7)4-10-9/h1-3,10H,4,9H2. The van der Waals surface area contributed by atoms with E-state index in [1.165, 1.54) is 12.1 Å². The Morgan fingerprint density at radius 2 is 2.31 bits per heavy atom. The number of hydrogen-bond acceptors (Lipinski definition) is 4. The maximum atomic E-state index is 10.4. The van der Waals surface area contributed by atoms with Gasteiger partial charge in [0.05, 0.1) is 4.92 Å². The molecule has 0 unspecified atom stereocenters. The Balaban J connectivity index is 2.98. The molecule has 0 spiro atoms. The number of nitro groups is 1. The van der Waals surface area contributed by atoms with Gasteiger partial charge in [-0.3, -0.25) is 21.4 Å². The Labute approximate surface area is 83.2 Å². The summed E-state index contributed by atoms with van der Waals surface area (Å²) in [4.78, 5) is 9.93. The van der Waals surface area contributed by atoms with Crippen molar-refractivity contribution < 1.29 is 4.92 Å². The first-order valence-electron chi connectivity index (χ1n) is 3.51. The molecule has 3 N–H and O–H groups in total. The molecule has 0 radical (unpaired) electrons. The summed E-state index contributed by atoms with van der Waals surface area (Å²) in [5.74, 6) is 5.12. The first-order valence-corrected chi connectivity index (χ1v) is 4.30. The van der Waals surface area contributed by atoms with Gasteiger partial charge in [0.2, 0.25) is 0 Å². The molecule has 0 aliphatic rings. The van der Waals surface area contributed by atoms with Crippen LogP contribution in [0.5, 0.6) is 0 Å². The summed E-state index contributed by atoms with van der Waals surface area (Å²) >= 11 is 3.22. The van der Waals surface area contributed by atoms with Gasteiger partial charge in [-0.25, -0.2) is 0 Å². The molecular weight excluding hydrogens is 238 g/mol. The second-order valence-corrected chi connectivity index (χ2v) is 3.27. The number of nitrogens with one attached hydrogen (secondary N) is 1. The third kappa shape index (κ3) is 2.48. The van der Waals surface area contributed by atoms with E-state index in [0.29, 0.717) is 11.0 Å². The Hall–Kier alpha value is -0.980. The van der Waals surface area contributed by atoms with Crippen molar-refractivity contribution in [3.05, 3.63) is 38.3 Å². The molecule has 0 fully saturated rings. The molecule has 0 aromatic heterocycles. The van der Waals surface area contributed by atoms with Crippen molar-refractivity contribution in [3.63, 3.8) is 0 Å². The summed E-state index contributed by atoms with van der Waals surface area (Å²) < 4.78 is 0.680. The molecule has 0 heterocycles. The van der Waals surface area contributed by atoms with E-state index >= 15 is 0 Å². The van der Waals surface area contributed by atoms with Crippen LogP contribution in [-0.4, -0.2) is 4.92 Å². The van der Waals surface area contributed by atoms with Crippen LogP contribution in [0.25, 0.3) is 0 Å². The minimum Gasteiger partial charge on any atom is -0.271 e. The van der Waals surface area contributed by atoms with Gasteiger partial charge in [-0.05, 0) is 11.6 Å². The molecule has 0 amide bonds. The van der Waals surface area contributed by atoms with Crippen LogP contribution in [-0.2, 0) is 6.54 Å². The quantitative estimate of drug-likeness (QED) is 0.478. The highest BCUT2D eigenvalue weighted by atomic mass is 79.9.